The number of anilines is 2. The number of sulfonamides is 1. The van der Waals surface area contributed by atoms with Crippen molar-refractivity contribution in [3.63, 3.8) is 0 Å². The predicted octanol–water partition coefficient (Wildman–Crippen LogP) is 1.06. The summed E-state index contributed by atoms with van der Waals surface area (Å²) in [5, 5.41) is 11.6. The number of carbonyl (C=O) groups excluding carboxylic acids is 1. The number of halogens is 1. The highest BCUT2D eigenvalue weighted by molar-refractivity contribution is 7.89. The first-order chi connectivity index (χ1) is 14.2. The molecule has 0 radical (unpaired) electrons. The molecule has 3 rings (SSSR count). The molecule has 1 unspecified atom stereocenters. The Morgan fingerprint density at radius 2 is 2.07 bits per heavy atom. The van der Waals surface area contributed by atoms with E-state index in [0.717, 1.165) is 0 Å². The van der Waals surface area contributed by atoms with Crippen LogP contribution in [0.4, 0.5) is 20.6 Å². The number of thiocarbonyl (C=S) groups is 1. The highest BCUT2D eigenvalue weighted by Gasteiger charge is 2.33. The number of cyclic esters (lactones) is 1. The van der Waals surface area contributed by atoms with Gasteiger partial charge in [-0.1, -0.05) is 12.2 Å². The first-order valence-corrected chi connectivity index (χ1v) is 11.3. The molecule has 1 aromatic rings. The van der Waals surface area contributed by atoms with E-state index >= 15 is 0 Å². The Labute approximate surface area is 180 Å². The number of nitrogens with one attached hydrogen (secondary N) is 1. The smallest absolute Gasteiger partial charge is 0.414 e. The molecule has 1 amide bonds. The molecule has 0 bridgehead atoms. The van der Waals surface area contributed by atoms with E-state index in [0.29, 0.717) is 36.0 Å². The normalized spacial score (nSPS) is 20.0. The van der Waals surface area contributed by atoms with Crippen LogP contribution in [0.5, 0.6) is 0 Å². The molecule has 2 saturated heterocycles. The lowest BCUT2D eigenvalue weighted by Crippen LogP contribution is -2.49. The second-order valence-corrected chi connectivity index (χ2v) is 9.57. The monoisotopic (exact) mass is 455 g/mol. The molecule has 2 heterocycles. The third-order valence-electron chi connectivity index (χ3n) is 4.92. The van der Waals surface area contributed by atoms with Crippen LogP contribution in [0.2, 0.25) is 0 Å². The van der Waals surface area contributed by atoms with Gasteiger partial charge in [0, 0.05) is 26.2 Å². The number of hydrogen-bond donors (Lipinski definition) is 1. The van der Waals surface area contributed by atoms with Gasteiger partial charge in [-0.2, -0.15) is 9.57 Å². The summed E-state index contributed by atoms with van der Waals surface area (Å²) in [6, 6.07) is 6.14. The summed E-state index contributed by atoms with van der Waals surface area (Å²) in [4.78, 5) is 15.8. The molecule has 0 aromatic heterocycles. The van der Waals surface area contributed by atoms with Crippen molar-refractivity contribution in [2.45, 2.75) is 13.0 Å². The summed E-state index contributed by atoms with van der Waals surface area (Å²) < 4.78 is 45.3. The maximum atomic E-state index is 14.8. The Kier molecular flexibility index (Phi) is 6.74. The van der Waals surface area contributed by atoms with Crippen LogP contribution in [-0.4, -0.2) is 74.9 Å². The molecule has 0 aliphatic carbocycles. The summed E-state index contributed by atoms with van der Waals surface area (Å²) in [7, 11) is -3.61. The second-order valence-electron chi connectivity index (χ2n) is 6.99. The van der Waals surface area contributed by atoms with Crippen molar-refractivity contribution in [1.29, 1.82) is 5.26 Å². The Morgan fingerprint density at radius 3 is 2.67 bits per heavy atom. The van der Waals surface area contributed by atoms with E-state index in [1.807, 2.05) is 0 Å². The fraction of sp³-hybridized carbons (Fsp3) is 0.500. The van der Waals surface area contributed by atoms with Crippen molar-refractivity contribution < 1.29 is 22.3 Å². The summed E-state index contributed by atoms with van der Waals surface area (Å²) in [5.74, 6) is -1.08. The molecule has 0 saturated carbocycles. The maximum Gasteiger partial charge on any atom is 0.414 e. The largest absolute Gasteiger partial charge is 0.442 e. The fourth-order valence-electron chi connectivity index (χ4n) is 3.40. The van der Waals surface area contributed by atoms with Gasteiger partial charge < -0.3 is 15.0 Å². The number of benzene rings is 1. The van der Waals surface area contributed by atoms with Gasteiger partial charge in [-0.3, -0.25) is 4.90 Å². The molecule has 2 fully saturated rings. The molecular weight excluding hydrogens is 433 g/mol. The topological polar surface area (TPSA) is 106 Å². The zero-order chi connectivity index (χ0) is 21.9. The van der Waals surface area contributed by atoms with E-state index < -0.39 is 27.7 Å². The van der Waals surface area contributed by atoms with E-state index in [1.54, 1.807) is 30.0 Å². The van der Waals surface area contributed by atoms with E-state index in [1.165, 1.54) is 15.3 Å². The van der Waals surface area contributed by atoms with Crippen LogP contribution in [0.1, 0.15) is 6.92 Å². The number of piperazine rings is 1. The average Bonchev–Trinajstić information content (AvgIpc) is 3.07. The zero-order valence-electron chi connectivity index (χ0n) is 16.4. The number of nitriles is 1. The number of rotatable bonds is 6. The molecule has 1 aromatic carbocycles. The Balaban J connectivity index is 1.65. The number of hydrogen-bond acceptors (Lipinski definition) is 7. The van der Waals surface area contributed by atoms with E-state index in [4.69, 9.17) is 22.2 Å². The quantitative estimate of drug-likeness (QED) is 0.635. The minimum Gasteiger partial charge on any atom is -0.442 e. The SMILES string of the molecule is CC(=S)NCC1CN(c2ccc(N3CCN(S(=O)(=O)CC#N)CC3)c(F)c2)C(=O)O1. The van der Waals surface area contributed by atoms with E-state index in [-0.39, 0.29) is 25.7 Å². The van der Waals surface area contributed by atoms with Crippen LogP contribution in [0.3, 0.4) is 0 Å². The third-order valence-corrected chi connectivity index (χ3v) is 6.71. The van der Waals surface area contributed by atoms with Gasteiger partial charge in [0.2, 0.25) is 10.0 Å². The molecule has 1 N–H and O–H groups in total. The average molecular weight is 456 g/mol. The van der Waals surface area contributed by atoms with Crippen LogP contribution in [-0.2, 0) is 14.8 Å². The summed E-state index contributed by atoms with van der Waals surface area (Å²) in [6.45, 7) is 3.36. The predicted molar refractivity (Wildman–Crippen MR) is 113 cm³/mol. The van der Waals surface area contributed by atoms with Crippen LogP contribution < -0.4 is 15.1 Å². The highest BCUT2D eigenvalue weighted by Crippen LogP contribution is 2.28. The first-order valence-electron chi connectivity index (χ1n) is 9.33. The van der Waals surface area contributed by atoms with E-state index in [2.05, 4.69) is 5.32 Å². The fourth-order valence-corrected chi connectivity index (χ4v) is 4.55. The van der Waals surface area contributed by atoms with Crippen LogP contribution in [0.25, 0.3) is 0 Å². The Bertz CT molecular complexity index is 973. The molecule has 2 aliphatic rings. The highest BCUT2D eigenvalue weighted by atomic mass is 32.2. The van der Waals surface area contributed by atoms with Gasteiger partial charge in [-0.05, 0) is 25.1 Å². The molecular formula is C18H22FN5O4S2. The van der Waals surface area contributed by atoms with Crippen molar-refractivity contribution in [2.24, 2.45) is 0 Å². The van der Waals surface area contributed by atoms with Gasteiger partial charge in [0.15, 0.2) is 5.75 Å². The third kappa shape index (κ3) is 4.97. The maximum absolute atomic E-state index is 14.8. The zero-order valence-corrected chi connectivity index (χ0v) is 18.0. The molecule has 12 heteroatoms. The lowest BCUT2D eigenvalue weighted by atomic mass is 10.2. The number of nitrogens with zero attached hydrogens (tertiary/aromatic N) is 4. The van der Waals surface area contributed by atoms with Gasteiger partial charge in [-0.25, -0.2) is 17.6 Å². The molecule has 30 heavy (non-hydrogen) atoms. The van der Waals surface area contributed by atoms with Crippen molar-refractivity contribution in [3.8, 4) is 6.07 Å². The van der Waals surface area contributed by atoms with Crippen LogP contribution in [0.15, 0.2) is 18.2 Å². The Hall–Kier alpha value is -2.49. The van der Waals surface area contributed by atoms with Gasteiger partial charge in [0.05, 0.1) is 35.5 Å². The molecule has 0 spiro atoms. The van der Waals surface area contributed by atoms with Gasteiger partial charge in [0.25, 0.3) is 0 Å². The standard InChI is InChI=1S/C18H22FN5O4S2/c1-13(29)21-11-15-12-24(18(25)28-15)14-2-3-17(16(19)10-14)22-5-7-23(8-6-22)30(26,27)9-4-20/h2-3,10,15H,5-9,11-12H2,1H3,(H,21,29). The lowest BCUT2D eigenvalue weighted by molar-refractivity contribution is 0.143. The molecule has 162 valence electrons. The van der Waals surface area contributed by atoms with Crippen LogP contribution >= 0.6 is 12.2 Å². The summed E-state index contributed by atoms with van der Waals surface area (Å²) in [6.07, 6.45) is -0.936. The van der Waals surface area contributed by atoms with Gasteiger partial charge in [-0.15, -0.1) is 0 Å². The molecule has 2 aliphatic heterocycles. The summed E-state index contributed by atoms with van der Waals surface area (Å²) >= 11 is 4.95. The Morgan fingerprint density at radius 1 is 1.37 bits per heavy atom. The van der Waals surface area contributed by atoms with Crippen molar-refractivity contribution >= 4 is 44.7 Å². The summed E-state index contributed by atoms with van der Waals surface area (Å²) in [5.41, 5.74) is 0.719. The minimum atomic E-state index is -3.61. The molecule has 1 atom stereocenters. The van der Waals surface area contributed by atoms with Crippen molar-refractivity contribution in [1.82, 2.24) is 9.62 Å². The van der Waals surface area contributed by atoms with Crippen LogP contribution in [0, 0.1) is 17.1 Å². The minimum absolute atomic E-state index is 0.178. The number of amides is 1. The van der Waals surface area contributed by atoms with Crippen molar-refractivity contribution in [3.05, 3.63) is 24.0 Å². The first kappa shape index (κ1) is 22.2. The van der Waals surface area contributed by atoms with Gasteiger partial charge in [0.1, 0.15) is 11.9 Å². The van der Waals surface area contributed by atoms with Gasteiger partial charge >= 0.3 is 6.09 Å². The lowest BCUT2D eigenvalue weighted by Gasteiger charge is -2.35. The molecule has 9 nitrogen and oxygen atoms in total. The van der Waals surface area contributed by atoms with Crippen molar-refractivity contribution in [2.75, 3.05) is 54.8 Å². The number of ether oxygens (including phenoxy) is 1. The van der Waals surface area contributed by atoms with E-state index in [9.17, 15) is 17.6 Å². The number of carbonyl (C=O) groups is 1. The second kappa shape index (κ2) is 9.11.